The fourth-order valence-electron chi connectivity index (χ4n) is 3.67. The number of nitrogens with zero attached hydrogens (tertiary/aromatic N) is 4. The van der Waals surface area contributed by atoms with Gasteiger partial charge in [-0.05, 0) is 43.4 Å². The molecule has 28 heavy (non-hydrogen) atoms. The second kappa shape index (κ2) is 8.52. The monoisotopic (exact) mass is 395 g/mol. The van der Waals surface area contributed by atoms with Gasteiger partial charge in [0.05, 0.1) is 30.6 Å². The number of aromatic nitrogens is 4. The second-order valence-electron chi connectivity index (χ2n) is 7.18. The van der Waals surface area contributed by atoms with Crippen molar-refractivity contribution in [3.63, 3.8) is 0 Å². The molecule has 0 radical (unpaired) electrons. The lowest BCUT2D eigenvalue weighted by molar-refractivity contribution is -0.121. The molecule has 0 unspecified atom stereocenters. The Labute approximate surface area is 169 Å². The van der Waals surface area contributed by atoms with Crippen molar-refractivity contribution in [3.05, 3.63) is 65.8 Å². The first kappa shape index (κ1) is 18.6. The Morgan fingerprint density at radius 3 is 2.61 bits per heavy atom. The van der Waals surface area contributed by atoms with Crippen LogP contribution >= 0.6 is 11.6 Å². The van der Waals surface area contributed by atoms with Crippen LogP contribution in [0.25, 0.3) is 11.3 Å². The van der Waals surface area contributed by atoms with Crippen molar-refractivity contribution in [1.82, 2.24) is 25.1 Å². The summed E-state index contributed by atoms with van der Waals surface area (Å²) in [4.78, 5) is 20.7. The number of carbonyl (C=O) groups excluding carboxylic acids is 1. The van der Waals surface area contributed by atoms with Crippen LogP contribution in [0.2, 0.25) is 5.02 Å². The molecule has 1 N–H and O–H groups in total. The number of amides is 1. The van der Waals surface area contributed by atoms with Crippen molar-refractivity contribution in [3.8, 4) is 11.3 Å². The van der Waals surface area contributed by atoms with Gasteiger partial charge in [-0.2, -0.15) is 5.10 Å². The Bertz CT molecular complexity index is 917. The van der Waals surface area contributed by atoms with E-state index in [-0.39, 0.29) is 11.9 Å². The molecular weight excluding hydrogens is 374 g/mol. The number of rotatable bonds is 5. The molecule has 0 bridgehead atoms. The van der Waals surface area contributed by atoms with Crippen LogP contribution in [0.4, 0.5) is 0 Å². The summed E-state index contributed by atoms with van der Waals surface area (Å²) in [5.74, 6) is 0.0646. The largest absolute Gasteiger partial charge is 0.353 e. The minimum Gasteiger partial charge on any atom is -0.353 e. The number of benzene rings is 1. The smallest absolute Gasteiger partial charge is 0.224 e. The van der Waals surface area contributed by atoms with Crippen LogP contribution in [0.3, 0.4) is 0 Å². The highest BCUT2D eigenvalue weighted by Crippen LogP contribution is 2.29. The quantitative estimate of drug-likeness (QED) is 0.712. The fourth-order valence-corrected chi connectivity index (χ4v) is 3.80. The van der Waals surface area contributed by atoms with Crippen LogP contribution in [0.1, 0.15) is 37.3 Å². The molecule has 0 spiro atoms. The lowest BCUT2D eigenvalue weighted by Crippen LogP contribution is -2.38. The molecule has 3 aromatic rings. The lowest BCUT2D eigenvalue weighted by atomic mass is 9.91. The van der Waals surface area contributed by atoms with Crippen LogP contribution in [-0.4, -0.2) is 31.7 Å². The van der Waals surface area contributed by atoms with Gasteiger partial charge < -0.3 is 5.32 Å². The normalized spacial score (nSPS) is 19.3. The Hall–Kier alpha value is -2.73. The molecule has 0 aliphatic heterocycles. The van der Waals surface area contributed by atoms with Gasteiger partial charge in [0.2, 0.25) is 5.91 Å². The molecule has 2 heterocycles. The molecule has 1 saturated carbocycles. The number of hydrogen-bond acceptors (Lipinski definition) is 4. The first-order valence-electron chi connectivity index (χ1n) is 9.52. The summed E-state index contributed by atoms with van der Waals surface area (Å²) < 4.78 is 2.02. The Morgan fingerprint density at radius 2 is 1.89 bits per heavy atom. The van der Waals surface area contributed by atoms with Crippen LogP contribution in [0.15, 0.2) is 55.2 Å². The standard InChI is InChI=1S/C21H22ClN5O/c22-17-3-1-15(2-4-17)11-21(28)26-18-5-7-19(8-6-18)27-14-16(12-25-27)20-13-23-9-10-24-20/h1-4,9-10,12-14,18-19H,5-8,11H2,(H,26,28). The van der Waals surface area contributed by atoms with Crippen LogP contribution in [-0.2, 0) is 11.2 Å². The molecule has 1 amide bonds. The van der Waals surface area contributed by atoms with Crippen molar-refractivity contribution in [2.24, 2.45) is 0 Å². The van der Waals surface area contributed by atoms with Gasteiger partial charge in [-0.15, -0.1) is 0 Å². The zero-order chi connectivity index (χ0) is 19.3. The number of hydrogen-bond donors (Lipinski definition) is 1. The third kappa shape index (κ3) is 4.57. The van der Waals surface area contributed by atoms with E-state index in [2.05, 4.69) is 20.4 Å². The number of carbonyl (C=O) groups is 1. The van der Waals surface area contributed by atoms with Crippen molar-refractivity contribution in [2.45, 2.75) is 44.2 Å². The minimum atomic E-state index is 0.0646. The average molecular weight is 396 g/mol. The molecule has 6 nitrogen and oxygen atoms in total. The Kier molecular flexibility index (Phi) is 5.67. The maximum absolute atomic E-state index is 12.3. The number of halogens is 1. The topological polar surface area (TPSA) is 72.7 Å². The molecular formula is C21H22ClN5O. The Balaban J connectivity index is 1.28. The highest BCUT2D eigenvalue weighted by atomic mass is 35.5. The van der Waals surface area contributed by atoms with Gasteiger partial charge >= 0.3 is 0 Å². The van der Waals surface area contributed by atoms with Crippen molar-refractivity contribution >= 4 is 17.5 Å². The van der Waals surface area contributed by atoms with Crippen LogP contribution in [0.5, 0.6) is 0 Å². The second-order valence-corrected chi connectivity index (χ2v) is 7.61. The van der Waals surface area contributed by atoms with Gasteiger partial charge in [0.15, 0.2) is 0 Å². The summed E-state index contributed by atoms with van der Waals surface area (Å²) in [6.07, 6.45) is 13.3. The SMILES string of the molecule is O=C(Cc1ccc(Cl)cc1)NC1CCC(n2cc(-c3cnccn3)cn2)CC1. The van der Waals surface area contributed by atoms with Crippen LogP contribution < -0.4 is 5.32 Å². The summed E-state index contributed by atoms with van der Waals surface area (Å²) >= 11 is 5.89. The van der Waals surface area contributed by atoms with Gasteiger partial charge in [-0.3, -0.25) is 19.4 Å². The molecule has 2 aromatic heterocycles. The molecule has 0 saturated heterocycles. The molecule has 0 atom stereocenters. The van der Waals surface area contributed by atoms with E-state index in [4.69, 9.17) is 11.6 Å². The van der Waals surface area contributed by atoms with E-state index in [1.807, 2.05) is 41.3 Å². The van der Waals surface area contributed by atoms with E-state index in [0.717, 1.165) is 42.5 Å². The van der Waals surface area contributed by atoms with E-state index in [1.54, 1.807) is 18.6 Å². The molecule has 1 aliphatic carbocycles. The minimum absolute atomic E-state index is 0.0646. The highest BCUT2D eigenvalue weighted by Gasteiger charge is 2.24. The molecule has 1 fully saturated rings. The van der Waals surface area contributed by atoms with Gasteiger partial charge in [-0.25, -0.2) is 0 Å². The maximum atomic E-state index is 12.3. The van der Waals surface area contributed by atoms with Gasteiger partial charge in [0, 0.05) is 35.2 Å². The third-order valence-electron chi connectivity index (χ3n) is 5.17. The summed E-state index contributed by atoms with van der Waals surface area (Å²) in [5, 5.41) is 8.36. The number of nitrogens with one attached hydrogen (secondary N) is 1. The van der Waals surface area contributed by atoms with E-state index in [0.29, 0.717) is 17.5 Å². The summed E-state index contributed by atoms with van der Waals surface area (Å²) in [6, 6.07) is 8.00. The summed E-state index contributed by atoms with van der Waals surface area (Å²) in [7, 11) is 0. The van der Waals surface area contributed by atoms with E-state index >= 15 is 0 Å². The maximum Gasteiger partial charge on any atom is 0.224 e. The van der Waals surface area contributed by atoms with Crippen LogP contribution in [0, 0.1) is 0 Å². The molecule has 4 rings (SSSR count). The van der Waals surface area contributed by atoms with Gasteiger partial charge in [0.25, 0.3) is 0 Å². The third-order valence-corrected chi connectivity index (χ3v) is 5.43. The van der Waals surface area contributed by atoms with E-state index < -0.39 is 0 Å². The molecule has 1 aliphatic rings. The van der Waals surface area contributed by atoms with Gasteiger partial charge in [-0.1, -0.05) is 23.7 Å². The molecule has 144 valence electrons. The van der Waals surface area contributed by atoms with Crippen molar-refractivity contribution < 1.29 is 4.79 Å². The van der Waals surface area contributed by atoms with Crippen molar-refractivity contribution in [2.75, 3.05) is 0 Å². The Morgan fingerprint density at radius 1 is 1.11 bits per heavy atom. The first-order valence-corrected chi connectivity index (χ1v) is 9.89. The van der Waals surface area contributed by atoms with Gasteiger partial charge in [0.1, 0.15) is 0 Å². The zero-order valence-electron chi connectivity index (χ0n) is 15.5. The lowest BCUT2D eigenvalue weighted by Gasteiger charge is -2.29. The fraction of sp³-hybridized carbons (Fsp3) is 0.333. The zero-order valence-corrected chi connectivity index (χ0v) is 16.2. The molecule has 7 heteroatoms. The predicted octanol–water partition coefficient (Wildman–Crippen LogP) is 3.84. The summed E-state index contributed by atoms with van der Waals surface area (Å²) in [6.45, 7) is 0. The van der Waals surface area contributed by atoms with E-state index in [9.17, 15) is 4.79 Å². The van der Waals surface area contributed by atoms with Crippen molar-refractivity contribution in [1.29, 1.82) is 0 Å². The van der Waals surface area contributed by atoms with E-state index in [1.165, 1.54) is 0 Å². The highest BCUT2D eigenvalue weighted by molar-refractivity contribution is 6.30. The first-order chi connectivity index (χ1) is 13.7. The predicted molar refractivity (Wildman–Crippen MR) is 108 cm³/mol. The summed E-state index contributed by atoms with van der Waals surface area (Å²) in [5.41, 5.74) is 2.78. The molecule has 1 aromatic carbocycles. The average Bonchev–Trinajstić information content (AvgIpc) is 3.21.